The van der Waals surface area contributed by atoms with E-state index in [9.17, 15) is 4.79 Å². The van der Waals surface area contributed by atoms with Crippen molar-refractivity contribution in [3.63, 3.8) is 0 Å². The van der Waals surface area contributed by atoms with Crippen LogP contribution in [0.15, 0.2) is 53.3 Å². The third kappa shape index (κ3) is 3.93. The molecule has 25 heavy (non-hydrogen) atoms. The van der Waals surface area contributed by atoms with Crippen LogP contribution in [0, 0.1) is 0 Å². The van der Waals surface area contributed by atoms with Gasteiger partial charge < -0.3 is 9.73 Å². The van der Waals surface area contributed by atoms with Gasteiger partial charge in [0.2, 0.25) is 5.89 Å². The van der Waals surface area contributed by atoms with Crippen LogP contribution >= 0.6 is 46.4 Å². The Morgan fingerprint density at radius 1 is 1.12 bits per heavy atom. The van der Waals surface area contributed by atoms with Gasteiger partial charge in [-0.25, -0.2) is 4.98 Å². The van der Waals surface area contributed by atoms with Crippen LogP contribution in [0.3, 0.4) is 0 Å². The lowest BCUT2D eigenvalue weighted by Gasteiger charge is -2.15. The number of hydrogen-bond acceptors (Lipinski definition) is 3. The van der Waals surface area contributed by atoms with Crippen LogP contribution in [0.25, 0.3) is 22.6 Å². The number of hydrogen-bond donors (Lipinski definition) is 1. The van der Waals surface area contributed by atoms with Crippen molar-refractivity contribution in [2.75, 3.05) is 5.32 Å². The Morgan fingerprint density at radius 3 is 2.44 bits per heavy atom. The van der Waals surface area contributed by atoms with Crippen LogP contribution in [0.4, 0.5) is 5.69 Å². The zero-order valence-corrected chi connectivity index (χ0v) is 15.5. The maximum atomic E-state index is 12.0. The van der Waals surface area contributed by atoms with E-state index in [4.69, 9.17) is 50.8 Å². The fourth-order valence-electron chi connectivity index (χ4n) is 2.31. The second-order valence-corrected chi connectivity index (χ2v) is 6.89. The first-order chi connectivity index (χ1) is 12.0. The second kappa shape index (κ2) is 7.67. The molecule has 3 rings (SSSR count). The molecular formula is C17H10Cl4N2O2. The molecular weight excluding hydrogens is 406 g/mol. The van der Waals surface area contributed by atoms with E-state index in [0.29, 0.717) is 38.3 Å². The summed E-state index contributed by atoms with van der Waals surface area (Å²) in [4.78, 5) is 14.9. The van der Waals surface area contributed by atoms with Crippen LogP contribution in [0.5, 0.6) is 0 Å². The highest BCUT2D eigenvalue weighted by Crippen LogP contribution is 2.40. The van der Waals surface area contributed by atoms with E-state index in [0.717, 1.165) is 0 Å². The summed E-state index contributed by atoms with van der Waals surface area (Å²) < 4.78 is 5.29. The second-order valence-electron chi connectivity index (χ2n) is 4.98. The van der Waals surface area contributed by atoms with Crippen molar-refractivity contribution >= 4 is 58.0 Å². The summed E-state index contributed by atoms with van der Waals surface area (Å²) in [6.45, 7) is 0. The summed E-state index contributed by atoms with van der Waals surface area (Å²) in [6, 6.07) is 10.4. The van der Waals surface area contributed by atoms with E-state index in [-0.39, 0.29) is 0 Å². The van der Waals surface area contributed by atoms with Crippen molar-refractivity contribution in [2.45, 2.75) is 4.84 Å². The monoisotopic (exact) mass is 414 g/mol. The highest BCUT2D eigenvalue weighted by atomic mass is 35.5. The Balaban J connectivity index is 2.15. The quantitative estimate of drug-likeness (QED) is 0.527. The zero-order valence-electron chi connectivity index (χ0n) is 12.5. The van der Waals surface area contributed by atoms with Gasteiger partial charge in [-0.3, -0.25) is 4.79 Å². The van der Waals surface area contributed by atoms with E-state index in [1.165, 1.54) is 12.5 Å². The van der Waals surface area contributed by atoms with Gasteiger partial charge in [0.05, 0.1) is 6.20 Å². The van der Waals surface area contributed by atoms with E-state index in [1.807, 2.05) is 0 Å². The Bertz CT molecular complexity index is 891. The predicted octanol–water partition coefficient (Wildman–Crippen LogP) is 6.06. The number of oxazole rings is 1. The normalized spacial score (nSPS) is 10.9. The molecule has 0 spiro atoms. The molecule has 8 heteroatoms. The molecule has 1 N–H and O–H groups in total. The van der Waals surface area contributed by atoms with Crippen LogP contribution in [-0.4, -0.2) is 15.7 Å². The first-order valence-electron chi connectivity index (χ1n) is 7.04. The molecule has 0 unspecified atom stereocenters. The fraction of sp³-hybridized carbons (Fsp3) is 0.0588. The van der Waals surface area contributed by atoms with E-state index in [1.54, 1.807) is 36.4 Å². The number of anilines is 1. The van der Waals surface area contributed by atoms with E-state index >= 15 is 0 Å². The van der Waals surface area contributed by atoms with Crippen molar-refractivity contribution in [1.82, 2.24) is 4.98 Å². The van der Waals surface area contributed by atoms with Gasteiger partial charge in [0.15, 0.2) is 4.84 Å². The molecule has 0 radical (unpaired) electrons. The molecule has 0 bridgehead atoms. The number of carbonyl (C=O) groups is 1. The Kier molecular flexibility index (Phi) is 5.54. The molecule has 0 saturated heterocycles. The number of benzene rings is 2. The largest absolute Gasteiger partial charge is 0.445 e. The highest BCUT2D eigenvalue weighted by molar-refractivity contribution is 6.54. The minimum absolute atomic E-state index is 0.403. The van der Waals surface area contributed by atoms with Gasteiger partial charge in [0.25, 0.3) is 5.91 Å². The number of nitrogens with zero attached hydrogens (tertiary/aromatic N) is 1. The van der Waals surface area contributed by atoms with E-state index in [2.05, 4.69) is 10.3 Å². The van der Waals surface area contributed by atoms with Gasteiger partial charge in [-0.1, -0.05) is 58.5 Å². The summed E-state index contributed by atoms with van der Waals surface area (Å²) in [5.74, 6) is -0.169. The average molecular weight is 416 g/mol. The summed E-state index contributed by atoms with van der Waals surface area (Å²) in [5.41, 5.74) is 2.30. The Labute approximate surface area is 163 Å². The molecule has 1 heterocycles. The smallest absolute Gasteiger partial charge is 0.257 e. The third-order valence-electron chi connectivity index (χ3n) is 3.39. The molecule has 1 amide bonds. The standard InChI is InChI=1S/C17H10Cl4N2O2/c18-11-2-1-3-12(19)14(11)10-5-4-9(17-22-6-7-25-17)8-13(10)23-16(24)15(20)21/h1-8,15H,(H,23,24). The van der Waals surface area contributed by atoms with Gasteiger partial charge >= 0.3 is 0 Å². The SMILES string of the molecule is O=C(Nc1cc(-c2ncco2)ccc1-c1c(Cl)cccc1Cl)C(Cl)Cl. The molecule has 0 fully saturated rings. The van der Waals surface area contributed by atoms with E-state index < -0.39 is 10.7 Å². The molecule has 2 aromatic carbocycles. The van der Waals surface area contributed by atoms with Crippen molar-refractivity contribution in [1.29, 1.82) is 0 Å². The molecule has 0 saturated carbocycles. The lowest BCUT2D eigenvalue weighted by atomic mass is 10.0. The minimum Gasteiger partial charge on any atom is -0.445 e. The maximum absolute atomic E-state index is 12.0. The fourth-order valence-corrected chi connectivity index (χ4v) is 3.02. The lowest BCUT2D eigenvalue weighted by Crippen LogP contribution is -2.19. The van der Waals surface area contributed by atoms with Crippen LogP contribution < -0.4 is 5.32 Å². The molecule has 0 aliphatic rings. The van der Waals surface area contributed by atoms with Gasteiger partial charge in [-0.15, -0.1) is 0 Å². The zero-order chi connectivity index (χ0) is 18.0. The van der Waals surface area contributed by atoms with Crippen molar-refractivity contribution in [2.24, 2.45) is 0 Å². The van der Waals surface area contributed by atoms with Gasteiger partial charge in [-0.2, -0.15) is 0 Å². The lowest BCUT2D eigenvalue weighted by molar-refractivity contribution is -0.114. The van der Waals surface area contributed by atoms with Crippen molar-refractivity contribution < 1.29 is 9.21 Å². The van der Waals surface area contributed by atoms with Crippen molar-refractivity contribution in [3.05, 3.63) is 58.9 Å². The maximum Gasteiger partial charge on any atom is 0.257 e. The van der Waals surface area contributed by atoms with Crippen LogP contribution in [0.1, 0.15) is 0 Å². The molecule has 0 aliphatic heterocycles. The first kappa shape index (κ1) is 18.1. The minimum atomic E-state index is -1.22. The molecule has 128 valence electrons. The molecule has 0 aliphatic carbocycles. The summed E-state index contributed by atoms with van der Waals surface area (Å²) in [6.07, 6.45) is 2.99. The van der Waals surface area contributed by atoms with Gasteiger partial charge in [0, 0.05) is 32.4 Å². The average Bonchev–Trinajstić information content (AvgIpc) is 3.10. The topological polar surface area (TPSA) is 55.1 Å². The third-order valence-corrected chi connectivity index (χ3v) is 4.41. The Hall–Kier alpha value is -1.72. The molecule has 0 atom stereocenters. The number of alkyl halides is 2. The van der Waals surface area contributed by atoms with Gasteiger partial charge in [0.1, 0.15) is 6.26 Å². The number of aromatic nitrogens is 1. The number of rotatable bonds is 4. The summed E-state index contributed by atoms with van der Waals surface area (Å²) >= 11 is 23.9. The highest BCUT2D eigenvalue weighted by Gasteiger charge is 2.18. The Morgan fingerprint density at radius 2 is 1.84 bits per heavy atom. The number of nitrogens with one attached hydrogen (secondary N) is 1. The molecule has 4 nitrogen and oxygen atoms in total. The van der Waals surface area contributed by atoms with Crippen LogP contribution in [-0.2, 0) is 4.79 Å². The first-order valence-corrected chi connectivity index (χ1v) is 8.67. The number of carbonyl (C=O) groups excluding carboxylic acids is 1. The molecule has 1 aromatic heterocycles. The molecule has 3 aromatic rings. The summed E-state index contributed by atoms with van der Waals surface area (Å²) in [7, 11) is 0. The number of amides is 1. The predicted molar refractivity (Wildman–Crippen MR) is 102 cm³/mol. The van der Waals surface area contributed by atoms with Crippen LogP contribution in [0.2, 0.25) is 10.0 Å². The number of halogens is 4. The summed E-state index contributed by atoms with van der Waals surface area (Å²) in [5, 5.41) is 3.56. The van der Waals surface area contributed by atoms with Crippen molar-refractivity contribution in [3.8, 4) is 22.6 Å². The van der Waals surface area contributed by atoms with Gasteiger partial charge in [-0.05, 0) is 24.3 Å².